The van der Waals surface area contributed by atoms with Crippen LogP contribution in [0.2, 0.25) is 0 Å². The molecule has 0 saturated heterocycles. The third-order valence-electron chi connectivity index (χ3n) is 3.27. The van der Waals surface area contributed by atoms with Crippen LogP contribution in [0.5, 0.6) is 11.5 Å². The Balaban J connectivity index is 2.24. The Bertz CT molecular complexity index is 707. The molecule has 8 nitrogen and oxygen atoms in total. The van der Waals surface area contributed by atoms with Crippen molar-refractivity contribution >= 4 is 11.4 Å². The molecule has 23 heavy (non-hydrogen) atoms. The first-order chi connectivity index (χ1) is 10.9. The summed E-state index contributed by atoms with van der Waals surface area (Å²) in [6, 6.07) is 9.33. The molecule has 0 atom stereocenters. The van der Waals surface area contributed by atoms with Crippen LogP contribution >= 0.6 is 0 Å². The van der Waals surface area contributed by atoms with Crippen molar-refractivity contribution in [3.8, 4) is 11.5 Å². The molecular formula is C15H14N2O6. The molecule has 0 spiro atoms. The van der Waals surface area contributed by atoms with E-state index < -0.39 is 9.85 Å². The molecule has 0 aliphatic rings. The zero-order valence-corrected chi connectivity index (χ0v) is 12.5. The van der Waals surface area contributed by atoms with Crippen LogP contribution in [-0.4, -0.2) is 17.0 Å². The number of rotatable bonds is 6. The van der Waals surface area contributed by atoms with E-state index in [9.17, 15) is 20.2 Å². The van der Waals surface area contributed by atoms with Gasteiger partial charge in [-0.15, -0.1) is 0 Å². The maximum Gasteiger partial charge on any atom is 0.279 e. The summed E-state index contributed by atoms with van der Waals surface area (Å²) in [5.41, 5.74) is -0.224. The van der Waals surface area contributed by atoms with Gasteiger partial charge in [-0.3, -0.25) is 20.2 Å². The summed E-state index contributed by atoms with van der Waals surface area (Å²) in [5, 5.41) is 22.0. The molecule has 0 fully saturated rings. The average Bonchev–Trinajstić information content (AvgIpc) is 2.53. The van der Waals surface area contributed by atoms with Crippen LogP contribution in [0.3, 0.4) is 0 Å². The van der Waals surface area contributed by atoms with Gasteiger partial charge in [-0.1, -0.05) is 0 Å². The topological polar surface area (TPSA) is 105 Å². The number of benzene rings is 2. The Kier molecular flexibility index (Phi) is 4.75. The summed E-state index contributed by atoms with van der Waals surface area (Å²) < 4.78 is 10.5. The van der Waals surface area contributed by atoms with E-state index in [2.05, 4.69) is 0 Å². The fraction of sp³-hybridized carbons (Fsp3) is 0.200. The Morgan fingerprint density at radius 3 is 1.87 bits per heavy atom. The van der Waals surface area contributed by atoms with Crippen LogP contribution < -0.4 is 9.47 Å². The number of hydrogen-bond acceptors (Lipinski definition) is 6. The lowest BCUT2D eigenvalue weighted by atomic mass is 10.1. The van der Waals surface area contributed by atoms with Gasteiger partial charge in [-0.25, -0.2) is 0 Å². The summed E-state index contributed by atoms with van der Waals surface area (Å²) in [6.45, 7) is 1.33. The van der Waals surface area contributed by atoms with Crippen molar-refractivity contribution in [1.82, 2.24) is 0 Å². The molecule has 0 aromatic heterocycles. The van der Waals surface area contributed by atoms with Crippen molar-refractivity contribution in [2.75, 3.05) is 7.11 Å². The SMILES string of the molecule is COc1ccc(OCc2cc([N+](=O)[O-])c(C)c([N+](=O)[O-])c2)cc1. The zero-order chi connectivity index (χ0) is 17.0. The normalized spacial score (nSPS) is 10.2. The minimum atomic E-state index is -0.640. The Labute approximate surface area is 131 Å². The van der Waals surface area contributed by atoms with Crippen molar-refractivity contribution in [1.29, 1.82) is 0 Å². The van der Waals surface area contributed by atoms with Gasteiger partial charge < -0.3 is 9.47 Å². The zero-order valence-electron chi connectivity index (χ0n) is 12.5. The maximum absolute atomic E-state index is 11.0. The highest BCUT2D eigenvalue weighted by Crippen LogP contribution is 2.30. The van der Waals surface area contributed by atoms with Gasteiger partial charge in [0.2, 0.25) is 0 Å². The minimum Gasteiger partial charge on any atom is -0.497 e. The second-order valence-corrected chi connectivity index (χ2v) is 4.74. The molecule has 0 unspecified atom stereocenters. The lowest BCUT2D eigenvalue weighted by Crippen LogP contribution is -2.02. The summed E-state index contributed by atoms with van der Waals surface area (Å²) >= 11 is 0. The minimum absolute atomic E-state index is 0.0196. The molecule has 0 aliphatic carbocycles. The number of nitrogens with zero attached hydrogens (tertiary/aromatic N) is 2. The average molecular weight is 318 g/mol. The lowest BCUT2D eigenvalue weighted by Gasteiger charge is -2.08. The molecule has 2 aromatic rings. The standard InChI is InChI=1S/C15H14N2O6/c1-10-14(16(18)19)7-11(8-15(10)17(20)21)9-23-13-5-3-12(22-2)4-6-13/h3-8H,9H2,1-2H3. The number of methoxy groups -OCH3 is 1. The highest BCUT2D eigenvalue weighted by Gasteiger charge is 2.23. The van der Waals surface area contributed by atoms with E-state index in [-0.39, 0.29) is 23.5 Å². The quantitative estimate of drug-likeness (QED) is 0.597. The molecule has 2 aromatic carbocycles. The Morgan fingerprint density at radius 1 is 0.957 bits per heavy atom. The lowest BCUT2D eigenvalue weighted by molar-refractivity contribution is -0.395. The van der Waals surface area contributed by atoms with Gasteiger partial charge in [0, 0.05) is 17.7 Å². The van der Waals surface area contributed by atoms with Crippen molar-refractivity contribution in [3.05, 3.63) is 67.8 Å². The van der Waals surface area contributed by atoms with E-state index in [1.807, 2.05) is 0 Å². The van der Waals surface area contributed by atoms with Crippen LogP contribution in [0.15, 0.2) is 36.4 Å². The molecule has 120 valence electrons. The number of nitro groups is 2. The van der Waals surface area contributed by atoms with E-state index in [0.717, 1.165) is 0 Å². The summed E-state index contributed by atoms with van der Waals surface area (Å²) in [7, 11) is 1.54. The Hall–Kier alpha value is -3.16. The van der Waals surface area contributed by atoms with Gasteiger partial charge in [0.25, 0.3) is 11.4 Å². The van der Waals surface area contributed by atoms with Gasteiger partial charge in [0.15, 0.2) is 0 Å². The van der Waals surface area contributed by atoms with Gasteiger partial charge in [0.1, 0.15) is 23.7 Å². The van der Waals surface area contributed by atoms with Crippen molar-refractivity contribution < 1.29 is 19.3 Å². The monoisotopic (exact) mass is 318 g/mol. The van der Waals surface area contributed by atoms with Crippen LogP contribution in [-0.2, 0) is 6.61 Å². The molecule has 0 saturated carbocycles. The highest BCUT2D eigenvalue weighted by atomic mass is 16.6. The van der Waals surface area contributed by atoms with Crippen LogP contribution in [0.25, 0.3) is 0 Å². The van der Waals surface area contributed by atoms with Gasteiger partial charge >= 0.3 is 0 Å². The van der Waals surface area contributed by atoms with E-state index >= 15 is 0 Å². The number of ether oxygens (including phenoxy) is 2. The van der Waals surface area contributed by atoms with Crippen molar-refractivity contribution in [2.45, 2.75) is 13.5 Å². The fourth-order valence-corrected chi connectivity index (χ4v) is 2.04. The van der Waals surface area contributed by atoms with E-state index in [0.29, 0.717) is 17.1 Å². The predicted octanol–water partition coefficient (Wildman–Crippen LogP) is 3.40. The molecule has 0 heterocycles. The molecule has 0 aliphatic heterocycles. The smallest absolute Gasteiger partial charge is 0.279 e. The third kappa shape index (κ3) is 3.73. The van der Waals surface area contributed by atoms with Gasteiger partial charge in [0.05, 0.1) is 17.0 Å². The molecular weight excluding hydrogens is 304 g/mol. The first-order valence-corrected chi connectivity index (χ1v) is 6.61. The summed E-state index contributed by atoms with van der Waals surface area (Å²) in [4.78, 5) is 20.8. The summed E-state index contributed by atoms with van der Waals surface area (Å²) in [5.74, 6) is 1.19. The van der Waals surface area contributed by atoms with Crippen molar-refractivity contribution in [2.24, 2.45) is 0 Å². The number of hydrogen-bond donors (Lipinski definition) is 0. The second-order valence-electron chi connectivity index (χ2n) is 4.74. The fourth-order valence-electron chi connectivity index (χ4n) is 2.04. The second kappa shape index (κ2) is 6.73. The first kappa shape index (κ1) is 16.2. The molecule has 0 bridgehead atoms. The third-order valence-corrected chi connectivity index (χ3v) is 3.27. The van der Waals surface area contributed by atoms with E-state index in [1.54, 1.807) is 31.4 Å². The Morgan fingerprint density at radius 2 is 1.43 bits per heavy atom. The molecule has 2 rings (SSSR count). The maximum atomic E-state index is 11.0. The first-order valence-electron chi connectivity index (χ1n) is 6.61. The molecule has 0 N–H and O–H groups in total. The van der Waals surface area contributed by atoms with Crippen LogP contribution in [0, 0.1) is 27.2 Å². The van der Waals surface area contributed by atoms with E-state index in [1.165, 1.54) is 19.1 Å². The molecule has 8 heteroatoms. The van der Waals surface area contributed by atoms with Gasteiger partial charge in [-0.2, -0.15) is 0 Å². The highest BCUT2D eigenvalue weighted by molar-refractivity contribution is 5.55. The van der Waals surface area contributed by atoms with Crippen LogP contribution in [0.4, 0.5) is 11.4 Å². The van der Waals surface area contributed by atoms with Crippen molar-refractivity contribution in [3.63, 3.8) is 0 Å². The van der Waals surface area contributed by atoms with E-state index in [4.69, 9.17) is 9.47 Å². The van der Waals surface area contributed by atoms with Crippen LogP contribution in [0.1, 0.15) is 11.1 Å². The molecule has 0 radical (unpaired) electrons. The van der Waals surface area contributed by atoms with Gasteiger partial charge in [-0.05, 0) is 31.2 Å². The number of nitro benzene ring substituents is 2. The largest absolute Gasteiger partial charge is 0.497 e. The summed E-state index contributed by atoms with van der Waals surface area (Å²) in [6.07, 6.45) is 0. The molecule has 0 amide bonds. The predicted molar refractivity (Wildman–Crippen MR) is 81.8 cm³/mol.